The fourth-order valence-electron chi connectivity index (χ4n) is 1.72. The zero-order chi connectivity index (χ0) is 12.7. The monoisotopic (exact) mass is 238 g/mol. The molecule has 0 aliphatic heterocycles. The number of aromatic nitrogens is 2. The van der Waals surface area contributed by atoms with Crippen molar-refractivity contribution in [2.45, 2.75) is 32.7 Å². The van der Waals surface area contributed by atoms with Crippen LogP contribution in [0.5, 0.6) is 0 Å². The van der Waals surface area contributed by atoms with Crippen LogP contribution in [-0.4, -0.2) is 34.8 Å². The first kappa shape index (κ1) is 13.7. The van der Waals surface area contributed by atoms with E-state index in [0.717, 1.165) is 18.5 Å². The Labute approximate surface area is 103 Å². The number of rotatable bonds is 7. The Balaban J connectivity index is 2.16. The molecule has 1 aromatic heterocycles. The highest BCUT2D eigenvalue weighted by Gasteiger charge is 2.07. The Morgan fingerprint density at radius 3 is 2.94 bits per heavy atom. The van der Waals surface area contributed by atoms with Crippen molar-refractivity contribution in [2.75, 3.05) is 13.1 Å². The molecule has 17 heavy (non-hydrogen) atoms. The van der Waals surface area contributed by atoms with Gasteiger partial charge in [0.2, 0.25) is 5.91 Å². The lowest BCUT2D eigenvalue weighted by atomic mass is 10.2. The van der Waals surface area contributed by atoms with Crippen molar-refractivity contribution in [3.63, 3.8) is 0 Å². The predicted octanol–water partition coefficient (Wildman–Crippen LogP) is 0.467. The van der Waals surface area contributed by atoms with Gasteiger partial charge in [-0.1, -0.05) is 6.92 Å². The topological polar surface area (TPSA) is 59.0 Å². The number of nitrogens with zero attached hydrogens (tertiary/aromatic N) is 2. The van der Waals surface area contributed by atoms with Crippen LogP contribution in [0.1, 0.15) is 25.8 Å². The van der Waals surface area contributed by atoms with Gasteiger partial charge in [-0.25, -0.2) is 0 Å². The summed E-state index contributed by atoms with van der Waals surface area (Å²) >= 11 is 0. The fraction of sp³-hybridized carbons (Fsp3) is 0.667. The molecule has 5 nitrogen and oxygen atoms in total. The highest BCUT2D eigenvalue weighted by atomic mass is 16.1. The molecule has 1 rings (SSSR count). The van der Waals surface area contributed by atoms with Gasteiger partial charge in [0.15, 0.2) is 0 Å². The van der Waals surface area contributed by atoms with Gasteiger partial charge in [-0.05, 0) is 25.5 Å². The number of nitrogens with one attached hydrogen (secondary N) is 2. The van der Waals surface area contributed by atoms with Crippen molar-refractivity contribution in [2.24, 2.45) is 7.05 Å². The van der Waals surface area contributed by atoms with E-state index in [1.165, 1.54) is 0 Å². The molecular formula is C12H22N4O. The van der Waals surface area contributed by atoms with E-state index in [0.29, 0.717) is 13.0 Å². The van der Waals surface area contributed by atoms with E-state index in [1.807, 2.05) is 33.3 Å². The lowest BCUT2D eigenvalue weighted by Gasteiger charge is -2.11. The number of carbonyl (C=O) groups excluding carboxylic acids is 1. The summed E-state index contributed by atoms with van der Waals surface area (Å²) in [7, 11) is 1.89. The van der Waals surface area contributed by atoms with Crippen molar-refractivity contribution in [1.29, 1.82) is 0 Å². The number of carbonyl (C=O) groups is 1. The van der Waals surface area contributed by atoms with Crippen LogP contribution in [0, 0.1) is 0 Å². The molecule has 1 heterocycles. The number of hydrogen-bond acceptors (Lipinski definition) is 3. The summed E-state index contributed by atoms with van der Waals surface area (Å²) in [4.78, 5) is 11.6. The van der Waals surface area contributed by atoms with Crippen LogP contribution < -0.4 is 10.6 Å². The Hall–Kier alpha value is -1.36. The normalized spacial score (nSPS) is 12.4. The van der Waals surface area contributed by atoms with E-state index in [9.17, 15) is 4.79 Å². The van der Waals surface area contributed by atoms with Crippen molar-refractivity contribution >= 4 is 5.91 Å². The molecule has 0 saturated heterocycles. The molecule has 0 fully saturated rings. The van der Waals surface area contributed by atoms with E-state index in [-0.39, 0.29) is 11.9 Å². The molecule has 1 unspecified atom stereocenters. The third kappa shape index (κ3) is 5.49. The average molecular weight is 238 g/mol. The lowest BCUT2D eigenvalue weighted by molar-refractivity contribution is -0.121. The van der Waals surface area contributed by atoms with Crippen molar-refractivity contribution in [3.05, 3.63) is 18.0 Å². The maximum atomic E-state index is 11.6. The Bertz CT molecular complexity index is 348. The average Bonchev–Trinajstić information content (AvgIpc) is 2.64. The minimum absolute atomic E-state index is 0.0994. The molecule has 1 amide bonds. The molecule has 0 aromatic carbocycles. The largest absolute Gasteiger partial charge is 0.356 e. The first-order chi connectivity index (χ1) is 8.11. The molecule has 1 aromatic rings. The summed E-state index contributed by atoms with van der Waals surface area (Å²) in [5.41, 5.74) is 1.15. The summed E-state index contributed by atoms with van der Waals surface area (Å²) in [6, 6.07) is 0.235. The summed E-state index contributed by atoms with van der Waals surface area (Å²) in [6.07, 6.45) is 5.15. The van der Waals surface area contributed by atoms with Crippen LogP contribution in [-0.2, 0) is 18.3 Å². The minimum atomic E-state index is 0.0994. The smallest absolute Gasteiger partial charge is 0.221 e. The van der Waals surface area contributed by atoms with Gasteiger partial charge in [0.25, 0.3) is 0 Å². The number of aryl methyl sites for hydroxylation is 1. The van der Waals surface area contributed by atoms with E-state index in [1.54, 1.807) is 4.68 Å². The molecule has 5 heteroatoms. The van der Waals surface area contributed by atoms with Gasteiger partial charge in [-0.3, -0.25) is 9.48 Å². The van der Waals surface area contributed by atoms with Gasteiger partial charge in [0, 0.05) is 32.3 Å². The zero-order valence-corrected chi connectivity index (χ0v) is 10.9. The molecule has 0 radical (unpaired) electrons. The van der Waals surface area contributed by atoms with E-state index >= 15 is 0 Å². The van der Waals surface area contributed by atoms with E-state index in [4.69, 9.17) is 0 Å². The van der Waals surface area contributed by atoms with Gasteiger partial charge in [0.1, 0.15) is 0 Å². The molecule has 0 saturated carbocycles. The van der Waals surface area contributed by atoms with E-state index < -0.39 is 0 Å². The molecule has 0 spiro atoms. The molecule has 0 aliphatic carbocycles. The second-order valence-corrected chi connectivity index (χ2v) is 4.29. The summed E-state index contributed by atoms with van der Waals surface area (Å²) in [6.45, 7) is 5.62. The quantitative estimate of drug-likeness (QED) is 0.726. The molecule has 96 valence electrons. The Kier molecular flexibility index (Phi) is 5.69. The highest BCUT2D eigenvalue weighted by Crippen LogP contribution is 1.96. The summed E-state index contributed by atoms with van der Waals surface area (Å²) in [5, 5.41) is 10.2. The molecule has 1 atom stereocenters. The third-order valence-corrected chi connectivity index (χ3v) is 2.54. The Morgan fingerprint density at radius 1 is 1.59 bits per heavy atom. The van der Waals surface area contributed by atoms with Crippen LogP contribution in [0.3, 0.4) is 0 Å². The molecular weight excluding hydrogens is 216 g/mol. The zero-order valence-electron chi connectivity index (χ0n) is 10.9. The maximum Gasteiger partial charge on any atom is 0.221 e. The Morgan fingerprint density at radius 2 is 2.35 bits per heavy atom. The maximum absolute atomic E-state index is 11.6. The van der Waals surface area contributed by atoms with Gasteiger partial charge in [-0.15, -0.1) is 0 Å². The van der Waals surface area contributed by atoms with Crippen LogP contribution in [0.2, 0.25) is 0 Å². The SMILES string of the molecule is CCNC(C)CC(=O)NCCc1cnn(C)c1. The second-order valence-electron chi connectivity index (χ2n) is 4.29. The van der Waals surface area contributed by atoms with Gasteiger partial charge in [0.05, 0.1) is 6.20 Å². The highest BCUT2D eigenvalue weighted by molar-refractivity contribution is 5.76. The second kappa shape index (κ2) is 7.06. The molecule has 2 N–H and O–H groups in total. The van der Waals surface area contributed by atoms with Crippen molar-refractivity contribution in [1.82, 2.24) is 20.4 Å². The van der Waals surface area contributed by atoms with Crippen molar-refractivity contribution < 1.29 is 4.79 Å². The van der Waals surface area contributed by atoms with Crippen LogP contribution in [0.25, 0.3) is 0 Å². The predicted molar refractivity (Wildman–Crippen MR) is 67.7 cm³/mol. The van der Waals surface area contributed by atoms with Gasteiger partial charge >= 0.3 is 0 Å². The van der Waals surface area contributed by atoms with E-state index in [2.05, 4.69) is 15.7 Å². The fourth-order valence-corrected chi connectivity index (χ4v) is 1.72. The number of hydrogen-bond donors (Lipinski definition) is 2. The number of amides is 1. The standard InChI is InChI=1S/C12H22N4O/c1-4-13-10(2)7-12(17)14-6-5-11-8-15-16(3)9-11/h8-10,13H,4-7H2,1-3H3,(H,14,17). The lowest BCUT2D eigenvalue weighted by Crippen LogP contribution is -2.34. The van der Waals surface area contributed by atoms with Crippen LogP contribution in [0.4, 0.5) is 0 Å². The van der Waals surface area contributed by atoms with Crippen LogP contribution >= 0.6 is 0 Å². The van der Waals surface area contributed by atoms with Gasteiger partial charge < -0.3 is 10.6 Å². The first-order valence-corrected chi connectivity index (χ1v) is 6.09. The van der Waals surface area contributed by atoms with Crippen molar-refractivity contribution in [3.8, 4) is 0 Å². The molecule has 0 bridgehead atoms. The van der Waals surface area contributed by atoms with Gasteiger partial charge in [-0.2, -0.15) is 5.10 Å². The summed E-state index contributed by atoms with van der Waals surface area (Å²) < 4.78 is 1.77. The molecule has 0 aliphatic rings. The first-order valence-electron chi connectivity index (χ1n) is 6.09. The minimum Gasteiger partial charge on any atom is -0.356 e. The van der Waals surface area contributed by atoms with Crippen LogP contribution in [0.15, 0.2) is 12.4 Å². The third-order valence-electron chi connectivity index (χ3n) is 2.54. The summed E-state index contributed by atoms with van der Waals surface area (Å²) in [5.74, 6) is 0.0994.